The highest BCUT2D eigenvalue weighted by molar-refractivity contribution is 14.0. The van der Waals surface area contributed by atoms with E-state index in [-0.39, 0.29) is 36.2 Å². The van der Waals surface area contributed by atoms with Crippen molar-refractivity contribution in [2.45, 2.75) is 51.4 Å². The van der Waals surface area contributed by atoms with Gasteiger partial charge in [0.25, 0.3) is 0 Å². The highest BCUT2D eigenvalue weighted by atomic mass is 127. The number of nitrogens with one attached hydrogen (secondary N) is 1. The van der Waals surface area contributed by atoms with Crippen molar-refractivity contribution >= 4 is 41.5 Å². The van der Waals surface area contributed by atoms with Gasteiger partial charge in [0.05, 0.1) is 12.7 Å². The molecule has 2 unspecified atom stereocenters. The molecule has 6 nitrogen and oxygen atoms in total. The number of hydrogen-bond acceptors (Lipinski definition) is 4. The van der Waals surface area contributed by atoms with Gasteiger partial charge < -0.3 is 19.7 Å². The lowest BCUT2D eigenvalue weighted by molar-refractivity contribution is -0.0817. The van der Waals surface area contributed by atoms with Gasteiger partial charge in [-0.25, -0.2) is 0 Å². The van der Waals surface area contributed by atoms with E-state index >= 15 is 0 Å². The smallest absolute Gasteiger partial charge is 0.194 e. The summed E-state index contributed by atoms with van der Waals surface area (Å²) in [6.07, 6.45) is 5.04. The zero-order valence-corrected chi connectivity index (χ0v) is 22.3. The number of benzene rings is 1. The summed E-state index contributed by atoms with van der Waals surface area (Å²) in [6, 6.07) is 8.18. The molecule has 3 fully saturated rings. The second-order valence-corrected chi connectivity index (χ2v) is 9.32. The van der Waals surface area contributed by atoms with Crippen molar-refractivity contribution in [2.75, 3.05) is 52.5 Å². The van der Waals surface area contributed by atoms with Gasteiger partial charge in [-0.2, -0.15) is 0 Å². The number of rotatable bonds is 6. The summed E-state index contributed by atoms with van der Waals surface area (Å²) in [6.45, 7) is 10.5. The van der Waals surface area contributed by atoms with Gasteiger partial charge >= 0.3 is 0 Å². The molecule has 4 rings (SSSR count). The predicted octanol–water partition coefficient (Wildman–Crippen LogP) is 4.02. The molecule has 3 heterocycles. The van der Waals surface area contributed by atoms with E-state index in [0.717, 1.165) is 82.9 Å². The molecule has 0 saturated carbocycles. The summed E-state index contributed by atoms with van der Waals surface area (Å²) in [7, 11) is 0. The third kappa shape index (κ3) is 7.19. The normalized spacial score (nSPS) is 25.6. The lowest BCUT2D eigenvalue weighted by Gasteiger charge is -2.37. The Morgan fingerprint density at radius 2 is 1.88 bits per heavy atom. The molecule has 0 aliphatic carbocycles. The minimum absolute atomic E-state index is 0. The van der Waals surface area contributed by atoms with Crippen LogP contribution in [0, 0.1) is 5.92 Å². The Labute approximate surface area is 215 Å². The fourth-order valence-electron chi connectivity index (χ4n) is 4.82. The first-order valence-corrected chi connectivity index (χ1v) is 12.3. The molecule has 3 aliphatic rings. The predicted molar refractivity (Wildman–Crippen MR) is 141 cm³/mol. The molecule has 0 spiro atoms. The standard InChI is InChI=1S/C24H37ClN4O2.HI/c1-2-26-24(29-13-15-31-23(18-29)22-8-5-14-30-22)27-16-19-9-11-28(12-10-19)17-20-6-3-4-7-21(20)25;/h3-4,6-7,19,22-23H,2,5,8-18H2,1H3,(H,26,27);1H. The van der Waals surface area contributed by atoms with Gasteiger partial charge in [-0.15, -0.1) is 24.0 Å². The van der Waals surface area contributed by atoms with Crippen LogP contribution in [0.4, 0.5) is 0 Å². The van der Waals surface area contributed by atoms with Crippen molar-refractivity contribution in [3.63, 3.8) is 0 Å². The molecule has 32 heavy (non-hydrogen) atoms. The Hall–Kier alpha value is -0.610. The third-order valence-corrected chi connectivity index (χ3v) is 7.03. The number of aliphatic imine (C=N–C) groups is 1. The molecule has 0 radical (unpaired) electrons. The van der Waals surface area contributed by atoms with Crippen LogP contribution in [0.5, 0.6) is 0 Å². The lowest BCUT2D eigenvalue weighted by Crippen LogP contribution is -2.53. The molecule has 0 aromatic heterocycles. The molecule has 1 N–H and O–H groups in total. The van der Waals surface area contributed by atoms with Crippen LogP contribution in [0.15, 0.2) is 29.3 Å². The van der Waals surface area contributed by atoms with Crippen molar-refractivity contribution < 1.29 is 9.47 Å². The molecule has 2 atom stereocenters. The molecule has 3 aliphatic heterocycles. The van der Waals surface area contributed by atoms with Crippen LogP contribution >= 0.6 is 35.6 Å². The van der Waals surface area contributed by atoms with Crippen LogP contribution in [0.2, 0.25) is 5.02 Å². The van der Waals surface area contributed by atoms with Crippen molar-refractivity contribution in [1.82, 2.24) is 15.1 Å². The Bertz CT molecular complexity index is 724. The van der Waals surface area contributed by atoms with Crippen LogP contribution in [0.25, 0.3) is 0 Å². The molecule has 1 aromatic carbocycles. The zero-order chi connectivity index (χ0) is 21.5. The van der Waals surface area contributed by atoms with Gasteiger partial charge in [0.1, 0.15) is 6.10 Å². The quantitative estimate of drug-likeness (QED) is 0.315. The maximum Gasteiger partial charge on any atom is 0.194 e. The maximum absolute atomic E-state index is 6.34. The average molecular weight is 577 g/mol. The van der Waals surface area contributed by atoms with E-state index in [1.54, 1.807) is 0 Å². The number of halogens is 2. The van der Waals surface area contributed by atoms with E-state index in [1.807, 2.05) is 12.1 Å². The van der Waals surface area contributed by atoms with Crippen molar-refractivity contribution in [1.29, 1.82) is 0 Å². The first-order valence-electron chi connectivity index (χ1n) is 11.9. The van der Waals surface area contributed by atoms with Crippen LogP contribution in [-0.2, 0) is 16.0 Å². The second kappa shape index (κ2) is 13.3. The first-order chi connectivity index (χ1) is 15.2. The number of likely N-dealkylation sites (tertiary alicyclic amines) is 1. The Balaban J connectivity index is 0.00000289. The number of morpholine rings is 1. The number of guanidine groups is 1. The number of nitrogens with zero attached hydrogens (tertiary/aromatic N) is 3. The number of piperidine rings is 1. The van der Waals surface area contributed by atoms with Crippen LogP contribution in [0.3, 0.4) is 0 Å². The van der Waals surface area contributed by atoms with Crippen LogP contribution in [-0.4, -0.2) is 80.4 Å². The van der Waals surface area contributed by atoms with Crippen molar-refractivity contribution in [3.8, 4) is 0 Å². The number of hydrogen-bond donors (Lipinski definition) is 1. The molecule has 8 heteroatoms. The molecule has 1 aromatic rings. The van der Waals surface area contributed by atoms with Gasteiger partial charge in [0.15, 0.2) is 5.96 Å². The third-order valence-electron chi connectivity index (χ3n) is 6.67. The summed E-state index contributed by atoms with van der Waals surface area (Å²) >= 11 is 6.34. The topological polar surface area (TPSA) is 49.3 Å². The van der Waals surface area contributed by atoms with E-state index < -0.39 is 0 Å². The summed E-state index contributed by atoms with van der Waals surface area (Å²) in [5.41, 5.74) is 1.23. The molecule has 0 amide bonds. The van der Waals surface area contributed by atoms with Gasteiger partial charge in [-0.05, 0) is 63.2 Å². The minimum atomic E-state index is 0. The van der Waals surface area contributed by atoms with E-state index in [0.29, 0.717) is 5.92 Å². The SMILES string of the molecule is CCNC(=NCC1CCN(Cc2ccccc2Cl)CC1)N1CCOC(C2CCCO2)C1.I. The largest absolute Gasteiger partial charge is 0.375 e. The molecular formula is C24H38ClIN4O2. The summed E-state index contributed by atoms with van der Waals surface area (Å²) in [4.78, 5) is 9.92. The lowest BCUT2D eigenvalue weighted by atomic mass is 9.96. The van der Waals surface area contributed by atoms with E-state index in [1.165, 1.54) is 18.4 Å². The van der Waals surface area contributed by atoms with Crippen LogP contribution in [0.1, 0.15) is 38.2 Å². The van der Waals surface area contributed by atoms with Gasteiger partial charge in [-0.1, -0.05) is 29.8 Å². The monoisotopic (exact) mass is 576 g/mol. The maximum atomic E-state index is 6.34. The molecule has 180 valence electrons. The van der Waals surface area contributed by atoms with E-state index in [2.05, 4.69) is 34.2 Å². The Kier molecular flexibility index (Phi) is 10.8. The molecule has 3 saturated heterocycles. The minimum Gasteiger partial charge on any atom is -0.375 e. The summed E-state index contributed by atoms with van der Waals surface area (Å²) in [5.74, 6) is 1.68. The fraction of sp³-hybridized carbons (Fsp3) is 0.708. The highest BCUT2D eigenvalue weighted by Crippen LogP contribution is 2.23. The second-order valence-electron chi connectivity index (χ2n) is 8.91. The van der Waals surface area contributed by atoms with Gasteiger partial charge in [0.2, 0.25) is 0 Å². The molecular weight excluding hydrogens is 539 g/mol. The van der Waals surface area contributed by atoms with E-state index in [9.17, 15) is 0 Å². The van der Waals surface area contributed by atoms with E-state index in [4.69, 9.17) is 26.1 Å². The Morgan fingerprint density at radius 3 is 2.59 bits per heavy atom. The Morgan fingerprint density at radius 1 is 1.09 bits per heavy atom. The van der Waals surface area contributed by atoms with Gasteiger partial charge in [-0.3, -0.25) is 9.89 Å². The van der Waals surface area contributed by atoms with Gasteiger partial charge in [0, 0.05) is 44.4 Å². The fourth-order valence-corrected chi connectivity index (χ4v) is 5.02. The summed E-state index contributed by atoms with van der Waals surface area (Å²) in [5, 5.41) is 4.38. The highest BCUT2D eigenvalue weighted by Gasteiger charge is 2.32. The number of ether oxygens (including phenoxy) is 2. The zero-order valence-electron chi connectivity index (χ0n) is 19.2. The van der Waals surface area contributed by atoms with Crippen LogP contribution < -0.4 is 5.32 Å². The molecule has 0 bridgehead atoms. The first kappa shape index (κ1) is 26.0. The van der Waals surface area contributed by atoms with Crippen molar-refractivity contribution in [2.24, 2.45) is 10.9 Å². The average Bonchev–Trinajstić information content (AvgIpc) is 3.34. The van der Waals surface area contributed by atoms with Crippen molar-refractivity contribution in [3.05, 3.63) is 34.9 Å². The summed E-state index contributed by atoms with van der Waals surface area (Å²) < 4.78 is 11.9.